The highest BCUT2D eigenvalue weighted by Gasteiger charge is 1.89. The maximum Gasteiger partial charge on any atom is 0.212 e. The Morgan fingerprint density at radius 2 is 2.27 bits per heavy atom. The van der Waals surface area contributed by atoms with Crippen LogP contribution >= 0.6 is 0 Å². The topological polar surface area (TPSA) is 22.1 Å². The Morgan fingerprint density at radius 3 is 2.73 bits per heavy atom. The molecule has 0 saturated heterocycles. The second kappa shape index (κ2) is 3.76. The summed E-state index contributed by atoms with van der Waals surface area (Å²) in [6.45, 7) is 1.98. The largest absolute Gasteiger partial charge is 0.481 e. The molecular weight excluding hydrogens is 138 g/mol. The summed E-state index contributed by atoms with van der Waals surface area (Å²) in [5.74, 6) is 0.651. The van der Waals surface area contributed by atoms with Crippen molar-refractivity contribution in [2.45, 2.75) is 6.92 Å². The van der Waals surface area contributed by atoms with Crippen LogP contribution in [0.2, 0.25) is 0 Å². The van der Waals surface area contributed by atoms with Gasteiger partial charge in [-0.1, -0.05) is 12.2 Å². The van der Waals surface area contributed by atoms with Crippen LogP contribution in [0, 0.1) is 0 Å². The first-order valence-corrected chi connectivity index (χ1v) is 3.49. The number of hydrogen-bond donors (Lipinski definition) is 0. The van der Waals surface area contributed by atoms with Gasteiger partial charge in [-0.2, -0.15) is 0 Å². The van der Waals surface area contributed by atoms with Crippen LogP contribution in [-0.4, -0.2) is 12.1 Å². The summed E-state index contributed by atoms with van der Waals surface area (Å²) in [6.07, 6.45) is 5.74. The van der Waals surface area contributed by atoms with E-state index in [1.807, 2.05) is 31.2 Å². The molecule has 0 atom stereocenters. The van der Waals surface area contributed by atoms with E-state index in [1.165, 1.54) is 0 Å². The van der Waals surface area contributed by atoms with Crippen molar-refractivity contribution in [1.82, 2.24) is 4.98 Å². The van der Waals surface area contributed by atoms with Gasteiger partial charge in [-0.15, -0.1) is 0 Å². The minimum Gasteiger partial charge on any atom is -0.481 e. The van der Waals surface area contributed by atoms with Gasteiger partial charge in [-0.25, -0.2) is 4.98 Å². The molecular formula is C9H11NO. The van der Waals surface area contributed by atoms with E-state index < -0.39 is 0 Å². The lowest BCUT2D eigenvalue weighted by molar-refractivity contribution is 0.398. The standard InChI is InChI=1S/C9H11NO/c1-3-4-8-5-6-9(11-2)10-7-8/h3-7H,1-2H3. The zero-order chi connectivity index (χ0) is 8.10. The minimum absolute atomic E-state index is 0.651. The lowest BCUT2D eigenvalue weighted by Crippen LogP contribution is -1.85. The lowest BCUT2D eigenvalue weighted by atomic mass is 10.3. The van der Waals surface area contributed by atoms with Crippen molar-refractivity contribution in [3.63, 3.8) is 0 Å². The molecule has 1 aromatic rings. The van der Waals surface area contributed by atoms with Crippen LogP contribution in [0.4, 0.5) is 0 Å². The van der Waals surface area contributed by atoms with Crippen molar-refractivity contribution in [2.24, 2.45) is 0 Å². The molecule has 2 nitrogen and oxygen atoms in total. The monoisotopic (exact) mass is 149 g/mol. The first-order valence-electron chi connectivity index (χ1n) is 3.49. The predicted molar refractivity (Wildman–Crippen MR) is 45.5 cm³/mol. The van der Waals surface area contributed by atoms with Crippen molar-refractivity contribution in [2.75, 3.05) is 7.11 Å². The molecule has 0 aliphatic carbocycles. The Balaban J connectivity index is 2.82. The number of rotatable bonds is 2. The summed E-state index contributed by atoms with van der Waals surface area (Å²) < 4.78 is 4.91. The molecule has 0 aromatic carbocycles. The molecule has 1 rings (SSSR count). The van der Waals surface area contributed by atoms with Crippen molar-refractivity contribution in [1.29, 1.82) is 0 Å². The van der Waals surface area contributed by atoms with E-state index >= 15 is 0 Å². The van der Waals surface area contributed by atoms with Crippen LogP contribution in [0.25, 0.3) is 6.08 Å². The third-order valence-corrected chi connectivity index (χ3v) is 1.33. The zero-order valence-electron chi connectivity index (χ0n) is 6.74. The normalized spacial score (nSPS) is 10.4. The Bertz CT molecular complexity index is 238. The van der Waals surface area contributed by atoms with Crippen LogP contribution < -0.4 is 4.74 Å². The maximum atomic E-state index is 4.91. The molecule has 1 aromatic heterocycles. The molecule has 0 amide bonds. The van der Waals surface area contributed by atoms with Crippen LogP contribution in [-0.2, 0) is 0 Å². The third-order valence-electron chi connectivity index (χ3n) is 1.33. The fraction of sp³-hybridized carbons (Fsp3) is 0.222. The van der Waals surface area contributed by atoms with Gasteiger partial charge < -0.3 is 4.74 Å². The Labute approximate surface area is 66.5 Å². The number of allylic oxidation sites excluding steroid dienone is 1. The second-order valence-corrected chi connectivity index (χ2v) is 2.13. The second-order valence-electron chi connectivity index (χ2n) is 2.13. The summed E-state index contributed by atoms with van der Waals surface area (Å²) >= 11 is 0. The molecule has 1 heterocycles. The van der Waals surface area contributed by atoms with E-state index in [-0.39, 0.29) is 0 Å². The first-order chi connectivity index (χ1) is 5.36. The summed E-state index contributed by atoms with van der Waals surface area (Å²) in [4.78, 5) is 4.04. The van der Waals surface area contributed by atoms with Crippen molar-refractivity contribution < 1.29 is 4.74 Å². The van der Waals surface area contributed by atoms with Crippen LogP contribution in [0.3, 0.4) is 0 Å². The molecule has 0 N–H and O–H groups in total. The Kier molecular flexibility index (Phi) is 2.66. The van der Waals surface area contributed by atoms with Crippen LogP contribution in [0.15, 0.2) is 24.4 Å². The average molecular weight is 149 g/mol. The first kappa shape index (κ1) is 7.79. The summed E-state index contributed by atoms with van der Waals surface area (Å²) in [5.41, 5.74) is 1.09. The smallest absolute Gasteiger partial charge is 0.212 e. The molecule has 0 fully saturated rings. The van der Waals surface area contributed by atoms with Crippen molar-refractivity contribution in [3.8, 4) is 5.88 Å². The van der Waals surface area contributed by atoms with Gasteiger partial charge in [0.15, 0.2) is 0 Å². The van der Waals surface area contributed by atoms with E-state index in [0.717, 1.165) is 5.56 Å². The summed E-state index contributed by atoms with van der Waals surface area (Å²) in [7, 11) is 1.61. The lowest BCUT2D eigenvalue weighted by Gasteiger charge is -1.96. The van der Waals surface area contributed by atoms with Gasteiger partial charge in [-0.3, -0.25) is 0 Å². The molecule has 0 aliphatic rings. The Hall–Kier alpha value is -1.31. The molecule has 0 radical (unpaired) electrons. The number of methoxy groups -OCH3 is 1. The number of aromatic nitrogens is 1. The van der Waals surface area contributed by atoms with Crippen LogP contribution in [0.1, 0.15) is 12.5 Å². The number of hydrogen-bond acceptors (Lipinski definition) is 2. The summed E-state index contributed by atoms with van der Waals surface area (Å²) in [5, 5.41) is 0. The van der Waals surface area contributed by atoms with Gasteiger partial charge in [0.1, 0.15) is 0 Å². The molecule has 0 spiro atoms. The number of nitrogens with zero attached hydrogens (tertiary/aromatic N) is 1. The fourth-order valence-corrected chi connectivity index (χ4v) is 0.804. The predicted octanol–water partition coefficient (Wildman–Crippen LogP) is 2.12. The van der Waals surface area contributed by atoms with E-state index in [2.05, 4.69) is 4.98 Å². The van der Waals surface area contributed by atoms with Gasteiger partial charge >= 0.3 is 0 Å². The minimum atomic E-state index is 0.651. The van der Waals surface area contributed by atoms with Crippen LogP contribution in [0.5, 0.6) is 5.88 Å². The molecule has 2 heteroatoms. The van der Waals surface area contributed by atoms with Gasteiger partial charge in [0, 0.05) is 12.3 Å². The zero-order valence-corrected chi connectivity index (χ0v) is 6.74. The molecule has 11 heavy (non-hydrogen) atoms. The quantitative estimate of drug-likeness (QED) is 0.642. The average Bonchev–Trinajstić information content (AvgIpc) is 2.07. The molecule has 0 unspecified atom stereocenters. The van der Waals surface area contributed by atoms with E-state index in [9.17, 15) is 0 Å². The number of pyridine rings is 1. The fourth-order valence-electron chi connectivity index (χ4n) is 0.804. The highest BCUT2D eigenvalue weighted by molar-refractivity contribution is 5.47. The van der Waals surface area contributed by atoms with E-state index in [0.29, 0.717) is 5.88 Å². The van der Waals surface area contributed by atoms with Gasteiger partial charge in [0.25, 0.3) is 0 Å². The summed E-state index contributed by atoms with van der Waals surface area (Å²) in [6, 6.07) is 3.81. The molecule has 0 bridgehead atoms. The number of ether oxygens (including phenoxy) is 1. The van der Waals surface area contributed by atoms with Gasteiger partial charge in [0.05, 0.1) is 7.11 Å². The van der Waals surface area contributed by atoms with E-state index in [4.69, 9.17) is 4.74 Å². The van der Waals surface area contributed by atoms with Gasteiger partial charge in [-0.05, 0) is 18.6 Å². The molecule has 0 saturated carbocycles. The SMILES string of the molecule is CC=Cc1ccc(OC)nc1. The van der Waals surface area contributed by atoms with Gasteiger partial charge in [0.2, 0.25) is 5.88 Å². The van der Waals surface area contributed by atoms with E-state index in [1.54, 1.807) is 13.3 Å². The molecule has 0 aliphatic heterocycles. The third kappa shape index (κ3) is 2.08. The highest BCUT2D eigenvalue weighted by atomic mass is 16.5. The molecule has 58 valence electrons. The highest BCUT2D eigenvalue weighted by Crippen LogP contribution is 2.07. The van der Waals surface area contributed by atoms with Crippen molar-refractivity contribution >= 4 is 6.08 Å². The van der Waals surface area contributed by atoms with Crippen molar-refractivity contribution in [3.05, 3.63) is 30.0 Å². The maximum absolute atomic E-state index is 4.91. The Morgan fingerprint density at radius 1 is 1.45 bits per heavy atom.